The van der Waals surface area contributed by atoms with Crippen molar-refractivity contribution in [3.8, 4) is 39.1 Å². The molecule has 0 bridgehead atoms. The van der Waals surface area contributed by atoms with E-state index in [4.69, 9.17) is 9.84 Å². The van der Waals surface area contributed by atoms with Gasteiger partial charge in [-0.1, -0.05) is 91.3 Å². The highest BCUT2D eigenvalue weighted by atomic mass is 16.5. The largest absolute Gasteiger partial charge is 0.493 e. The second kappa shape index (κ2) is 10.1. The van der Waals surface area contributed by atoms with Crippen molar-refractivity contribution in [2.75, 3.05) is 13.2 Å². The van der Waals surface area contributed by atoms with E-state index in [1.54, 1.807) is 0 Å². The monoisotopic (exact) mass is 434 g/mol. The predicted octanol–water partition coefficient (Wildman–Crippen LogP) is 7.52. The van der Waals surface area contributed by atoms with Crippen molar-refractivity contribution in [3.63, 3.8) is 0 Å². The normalized spacial score (nSPS) is 11.8. The minimum atomic E-state index is 0.268. The van der Waals surface area contributed by atoms with Gasteiger partial charge in [0.15, 0.2) is 0 Å². The Hall–Kier alpha value is -3.36. The van der Waals surface area contributed by atoms with E-state index in [9.17, 15) is 0 Å². The second-order valence-electron chi connectivity index (χ2n) is 8.70. The Balaban J connectivity index is 1.65. The van der Waals surface area contributed by atoms with Crippen LogP contribution in [0.5, 0.6) is 5.75 Å². The fourth-order valence-electron chi connectivity index (χ4n) is 4.93. The van der Waals surface area contributed by atoms with E-state index in [-0.39, 0.29) is 6.61 Å². The van der Waals surface area contributed by atoms with Crippen molar-refractivity contribution >= 4 is 0 Å². The molecule has 0 aromatic heterocycles. The van der Waals surface area contributed by atoms with E-state index < -0.39 is 0 Å². The molecule has 4 aromatic carbocycles. The third kappa shape index (κ3) is 4.44. The smallest absolute Gasteiger partial charge is 0.128 e. The van der Waals surface area contributed by atoms with Crippen molar-refractivity contribution in [3.05, 3.63) is 102 Å². The average molecular weight is 435 g/mol. The van der Waals surface area contributed by atoms with Crippen LogP contribution in [0.15, 0.2) is 91.0 Å². The van der Waals surface area contributed by atoms with Crippen LogP contribution in [0.3, 0.4) is 0 Å². The molecule has 33 heavy (non-hydrogen) atoms. The van der Waals surface area contributed by atoms with Gasteiger partial charge in [0.05, 0.1) is 6.61 Å². The van der Waals surface area contributed by atoms with Gasteiger partial charge in [0.2, 0.25) is 0 Å². The number of hydrogen-bond acceptors (Lipinski definition) is 2. The third-order valence-electron chi connectivity index (χ3n) is 6.51. The number of rotatable bonds is 9. The number of aliphatic hydroxyl groups excluding tert-OH is 1. The zero-order chi connectivity index (χ0) is 22.5. The summed E-state index contributed by atoms with van der Waals surface area (Å²) in [7, 11) is 0. The van der Waals surface area contributed by atoms with Gasteiger partial charge in [0.1, 0.15) is 5.75 Å². The van der Waals surface area contributed by atoms with Crippen LogP contribution in [0.25, 0.3) is 33.4 Å². The zero-order valence-corrected chi connectivity index (χ0v) is 19.0. The van der Waals surface area contributed by atoms with Crippen molar-refractivity contribution in [1.29, 1.82) is 0 Å². The lowest BCUT2D eigenvalue weighted by atomic mass is 9.87. The average Bonchev–Trinajstić information content (AvgIpc) is 3.24. The highest BCUT2D eigenvalue weighted by molar-refractivity contribution is 5.96. The van der Waals surface area contributed by atoms with Crippen LogP contribution in [0.4, 0.5) is 0 Å². The molecule has 4 aromatic rings. The van der Waals surface area contributed by atoms with Gasteiger partial charge in [-0.05, 0) is 70.7 Å². The van der Waals surface area contributed by atoms with Crippen molar-refractivity contribution < 1.29 is 9.84 Å². The van der Waals surface area contributed by atoms with Crippen LogP contribution in [-0.2, 0) is 6.42 Å². The Kier molecular flexibility index (Phi) is 6.55. The van der Waals surface area contributed by atoms with Crippen LogP contribution >= 0.6 is 0 Å². The first-order valence-corrected chi connectivity index (χ1v) is 12.0. The molecule has 2 heteroatoms. The fraction of sp³-hybridized carbons (Fsp3) is 0.226. The topological polar surface area (TPSA) is 29.5 Å². The molecule has 0 spiro atoms. The lowest BCUT2D eigenvalue weighted by Gasteiger charge is -2.21. The molecule has 0 amide bonds. The molecule has 0 unspecified atom stereocenters. The van der Waals surface area contributed by atoms with Gasteiger partial charge in [-0.3, -0.25) is 0 Å². The molecule has 5 rings (SSSR count). The van der Waals surface area contributed by atoms with Crippen LogP contribution < -0.4 is 4.74 Å². The predicted molar refractivity (Wildman–Crippen MR) is 137 cm³/mol. The van der Waals surface area contributed by atoms with Crippen molar-refractivity contribution in [2.45, 2.75) is 32.1 Å². The highest BCUT2D eigenvalue weighted by Crippen LogP contribution is 2.50. The van der Waals surface area contributed by atoms with E-state index >= 15 is 0 Å². The van der Waals surface area contributed by atoms with E-state index in [0.717, 1.165) is 37.9 Å². The maximum Gasteiger partial charge on any atom is 0.128 e. The molecule has 0 radical (unpaired) electrons. The standard InChI is InChI=1S/C31H30O2/c32-19-11-1-2-12-20-33-29-22-27-26-18-10-9-17-25(26)21-28(27)30(23-13-5-3-6-14-23)31(29)24-15-7-4-8-16-24/h3-10,13-18,22,32H,1-2,11-12,19-21H2. The van der Waals surface area contributed by atoms with Crippen LogP contribution in [-0.4, -0.2) is 18.3 Å². The SMILES string of the molecule is OCCCCCCOc1cc2c(c(-c3ccccc3)c1-c1ccccc1)Cc1ccccc1-2. The summed E-state index contributed by atoms with van der Waals surface area (Å²) in [6, 6.07) is 32.4. The van der Waals surface area contributed by atoms with Gasteiger partial charge in [-0.2, -0.15) is 0 Å². The van der Waals surface area contributed by atoms with Gasteiger partial charge >= 0.3 is 0 Å². The van der Waals surface area contributed by atoms with Gasteiger partial charge in [-0.15, -0.1) is 0 Å². The first-order chi connectivity index (χ1) is 16.4. The third-order valence-corrected chi connectivity index (χ3v) is 6.51. The molecular weight excluding hydrogens is 404 g/mol. The Bertz CT molecular complexity index is 1210. The fourth-order valence-corrected chi connectivity index (χ4v) is 4.93. The first-order valence-electron chi connectivity index (χ1n) is 12.0. The number of fused-ring (bicyclic) bond motifs is 3. The lowest BCUT2D eigenvalue weighted by Crippen LogP contribution is -2.02. The summed E-state index contributed by atoms with van der Waals surface area (Å²) in [5.74, 6) is 0.956. The van der Waals surface area contributed by atoms with Crippen molar-refractivity contribution in [1.82, 2.24) is 0 Å². The summed E-state index contributed by atoms with van der Waals surface area (Å²) in [6.45, 7) is 0.948. The molecule has 0 heterocycles. The number of hydrogen-bond donors (Lipinski definition) is 1. The van der Waals surface area contributed by atoms with Crippen molar-refractivity contribution in [2.24, 2.45) is 0 Å². The Labute approximate surface area is 196 Å². The summed E-state index contributed by atoms with van der Waals surface area (Å²) in [4.78, 5) is 0. The van der Waals surface area contributed by atoms with Gasteiger partial charge in [0.25, 0.3) is 0 Å². The minimum absolute atomic E-state index is 0.268. The Morgan fingerprint density at radius 1 is 0.636 bits per heavy atom. The summed E-state index contributed by atoms with van der Waals surface area (Å²) in [6.07, 6.45) is 4.90. The molecule has 0 aliphatic heterocycles. The molecule has 166 valence electrons. The van der Waals surface area contributed by atoms with Crippen LogP contribution in [0.2, 0.25) is 0 Å². The maximum atomic E-state index is 9.04. The maximum absolute atomic E-state index is 9.04. The van der Waals surface area contributed by atoms with Crippen LogP contribution in [0, 0.1) is 0 Å². The summed E-state index contributed by atoms with van der Waals surface area (Å²) < 4.78 is 6.51. The van der Waals surface area contributed by atoms with Gasteiger partial charge in [0, 0.05) is 12.2 Å². The van der Waals surface area contributed by atoms with E-state index in [1.165, 1.54) is 44.5 Å². The number of ether oxygens (including phenoxy) is 1. The minimum Gasteiger partial charge on any atom is -0.493 e. The summed E-state index contributed by atoms with van der Waals surface area (Å²) in [5, 5.41) is 9.04. The molecule has 2 nitrogen and oxygen atoms in total. The summed E-state index contributed by atoms with van der Waals surface area (Å²) >= 11 is 0. The molecule has 1 aliphatic carbocycles. The zero-order valence-electron chi connectivity index (χ0n) is 19.0. The van der Waals surface area contributed by atoms with E-state index in [0.29, 0.717) is 6.61 Å². The Morgan fingerprint density at radius 2 is 1.27 bits per heavy atom. The van der Waals surface area contributed by atoms with Crippen LogP contribution in [0.1, 0.15) is 36.8 Å². The van der Waals surface area contributed by atoms with E-state index in [1.807, 2.05) is 0 Å². The summed E-state index contributed by atoms with van der Waals surface area (Å²) in [5.41, 5.74) is 10.3. The Morgan fingerprint density at radius 3 is 2.00 bits per heavy atom. The number of benzene rings is 4. The number of aliphatic hydroxyl groups is 1. The number of unbranched alkanes of at least 4 members (excludes halogenated alkanes) is 3. The lowest BCUT2D eigenvalue weighted by molar-refractivity contribution is 0.274. The molecule has 0 saturated carbocycles. The molecule has 0 saturated heterocycles. The molecule has 0 fully saturated rings. The quantitative estimate of drug-likeness (QED) is 0.243. The molecule has 1 aliphatic rings. The second-order valence-corrected chi connectivity index (χ2v) is 8.70. The van der Waals surface area contributed by atoms with E-state index in [2.05, 4.69) is 91.0 Å². The molecular formula is C31H30O2. The molecule has 1 N–H and O–H groups in total. The van der Waals surface area contributed by atoms with Gasteiger partial charge < -0.3 is 9.84 Å². The molecule has 0 atom stereocenters. The highest BCUT2D eigenvalue weighted by Gasteiger charge is 2.27. The first kappa shape index (κ1) is 21.5. The van der Waals surface area contributed by atoms with Gasteiger partial charge in [-0.25, -0.2) is 0 Å².